The number of pyridine rings is 1. The highest BCUT2D eigenvalue weighted by Gasteiger charge is 2.38. The van der Waals surface area contributed by atoms with Gasteiger partial charge in [-0.15, -0.1) is 0 Å². The van der Waals surface area contributed by atoms with Crippen molar-refractivity contribution in [1.29, 1.82) is 0 Å². The molecule has 39 heavy (non-hydrogen) atoms. The van der Waals surface area contributed by atoms with E-state index in [1.54, 1.807) is 24.3 Å². The molecule has 1 saturated heterocycles. The quantitative estimate of drug-likeness (QED) is 0.175. The molecule has 2 aromatic carbocycles. The summed E-state index contributed by atoms with van der Waals surface area (Å²) in [5.74, 6) is -0.448. The first-order valence-electron chi connectivity index (χ1n) is 12.6. The van der Waals surface area contributed by atoms with Crippen molar-refractivity contribution in [2.45, 2.75) is 57.0 Å². The Labute approximate surface area is 231 Å². The van der Waals surface area contributed by atoms with E-state index in [2.05, 4.69) is 12.2 Å². The smallest absolute Gasteiger partial charge is 0.303 e. The molecule has 1 aliphatic rings. The molecule has 10 heteroatoms. The summed E-state index contributed by atoms with van der Waals surface area (Å²) in [5, 5.41) is 24.9. The van der Waals surface area contributed by atoms with E-state index in [0.29, 0.717) is 16.5 Å². The Balaban J connectivity index is 1.52. The van der Waals surface area contributed by atoms with E-state index in [1.165, 1.54) is 31.8 Å². The molecule has 0 aliphatic carbocycles. The van der Waals surface area contributed by atoms with Crippen molar-refractivity contribution in [3.63, 3.8) is 0 Å². The van der Waals surface area contributed by atoms with Crippen LogP contribution in [0.25, 0.3) is 0 Å². The van der Waals surface area contributed by atoms with Crippen LogP contribution in [0.1, 0.15) is 49.9 Å². The number of aliphatic hydroxyl groups excluding tert-OH is 1. The number of esters is 1. The topological polar surface area (TPSA) is 121 Å². The van der Waals surface area contributed by atoms with Crippen LogP contribution in [-0.4, -0.2) is 34.9 Å². The third-order valence-corrected chi connectivity index (χ3v) is 7.58. The van der Waals surface area contributed by atoms with Crippen molar-refractivity contribution in [3.8, 4) is 0 Å². The number of carbonyl (C=O) groups excluding carboxylic acids is 2. The second kappa shape index (κ2) is 13.1. The summed E-state index contributed by atoms with van der Waals surface area (Å²) in [6.07, 6.45) is -0.656. The normalized spacial score (nSPS) is 21.6. The molecule has 0 spiro atoms. The monoisotopic (exact) mass is 552 g/mol. The molecular weight excluding hydrogens is 520 g/mol. The number of rotatable bonds is 9. The Morgan fingerprint density at radius 2 is 1.77 bits per heavy atom. The first-order chi connectivity index (χ1) is 18.7. The molecule has 3 aromatic rings. The number of nitrogens with one attached hydrogen (secondary N) is 1. The highest BCUT2D eigenvalue weighted by Crippen LogP contribution is 2.43. The van der Waals surface area contributed by atoms with Crippen LogP contribution in [0, 0.1) is 11.1 Å². The fourth-order valence-corrected chi connectivity index (χ4v) is 5.35. The Hall–Kier alpha value is -3.44. The lowest BCUT2D eigenvalue weighted by atomic mass is 9.91. The average Bonchev–Trinajstić information content (AvgIpc) is 2.93. The van der Waals surface area contributed by atoms with Gasteiger partial charge in [0.2, 0.25) is 0 Å². The van der Waals surface area contributed by atoms with Crippen LogP contribution < -0.4 is 10.0 Å². The number of thioether (sulfide) groups is 1. The van der Waals surface area contributed by atoms with E-state index >= 15 is 0 Å². The molecule has 1 aliphatic heterocycles. The lowest BCUT2D eigenvalue weighted by Crippen LogP contribution is -2.39. The fraction of sp³-hybridized carbons (Fsp3) is 0.345. The predicted molar refractivity (Wildman–Crippen MR) is 145 cm³/mol. The molecule has 2 N–H and O–H groups in total. The summed E-state index contributed by atoms with van der Waals surface area (Å²) in [5.41, 5.74) is 3.08. The second-order valence-electron chi connectivity index (χ2n) is 9.36. The Morgan fingerprint density at radius 3 is 2.41 bits per heavy atom. The van der Waals surface area contributed by atoms with E-state index in [-0.39, 0.29) is 24.7 Å². The van der Waals surface area contributed by atoms with Gasteiger partial charge in [-0.05, 0) is 36.2 Å². The molecule has 1 amide bonds. The minimum absolute atomic E-state index is 0.0288. The minimum atomic E-state index is -0.915. The van der Waals surface area contributed by atoms with Gasteiger partial charge in [0.15, 0.2) is 18.6 Å². The number of carbonyl (C=O) groups is 2. The zero-order chi connectivity index (χ0) is 27.9. The maximum Gasteiger partial charge on any atom is 0.303 e. The number of hydrogen-bond acceptors (Lipinski definition) is 8. The van der Waals surface area contributed by atoms with E-state index in [9.17, 15) is 19.9 Å². The molecule has 9 nitrogen and oxygen atoms in total. The second-order valence-corrected chi connectivity index (χ2v) is 10.4. The number of aliphatic hydroxyl groups is 1. The standard InChI is InChI=1S/C29H32N2O7S/c1-18-25(17-39-26-6-4-5-15-31(26)35)37-29(38-27(18)22-9-7-21(16-32)8-10-22)23-11-13-24(14-12-23)30-28(34)19(2)36-20(3)33/h4-15,18-19,25,27,29,32H,16-17H2,1-3H3,(H,30,34). The molecule has 206 valence electrons. The Kier molecular flexibility index (Phi) is 9.58. The van der Waals surface area contributed by atoms with Crippen LogP contribution in [0.3, 0.4) is 0 Å². The van der Waals surface area contributed by atoms with Gasteiger partial charge >= 0.3 is 5.97 Å². The molecule has 0 radical (unpaired) electrons. The van der Waals surface area contributed by atoms with Crippen molar-refractivity contribution in [2.24, 2.45) is 5.92 Å². The fourth-order valence-electron chi connectivity index (χ4n) is 4.27. The zero-order valence-electron chi connectivity index (χ0n) is 22.0. The summed E-state index contributed by atoms with van der Waals surface area (Å²) in [7, 11) is 0. The van der Waals surface area contributed by atoms with Crippen LogP contribution in [0.2, 0.25) is 0 Å². The molecule has 5 unspecified atom stereocenters. The van der Waals surface area contributed by atoms with Crippen molar-refractivity contribution in [3.05, 3.63) is 94.8 Å². The summed E-state index contributed by atoms with van der Waals surface area (Å²) in [6.45, 7) is 4.78. The van der Waals surface area contributed by atoms with Crippen molar-refractivity contribution in [2.75, 3.05) is 11.1 Å². The van der Waals surface area contributed by atoms with Crippen LogP contribution in [0.4, 0.5) is 5.69 Å². The maximum atomic E-state index is 12.3. The number of ether oxygens (including phenoxy) is 3. The minimum Gasteiger partial charge on any atom is -0.618 e. The molecule has 1 aromatic heterocycles. The SMILES string of the molecule is CC(=O)OC(C)C(=O)Nc1ccc(C2OC(CSc3cccc[n+]3[O-])C(C)C(c3ccc(CO)cc3)O2)cc1. The predicted octanol–water partition coefficient (Wildman–Crippen LogP) is 4.29. The molecule has 5 atom stereocenters. The Morgan fingerprint density at radius 1 is 1.08 bits per heavy atom. The number of amides is 1. The lowest BCUT2D eigenvalue weighted by Gasteiger charge is -2.41. The van der Waals surface area contributed by atoms with Crippen molar-refractivity contribution in [1.82, 2.24) is 0 Å². The largest absolute Gasteiger partial charge is 0.618 e. The molecule has 0 saturated carbocycles. The number of benzene rings is 2. The third kappa shape index (κ3) is 7.36. The molecule has 2 heterocycles. The van der Waals surface area contributed by atoms with E-state index in [1.807, 2.05) is 42.5 Å². The van der Waals surface area contributed by atoms with Gasteiger partial charge in [0, 0.05) is 42.0 Å². The molecule has 0 bridgehead atoms. The number of nitrogens with zero attached hydrogens (tertiary/aromatic N) is 1. The molecular formula is C29H32N2O7S. The average molecular weight is 553 g/mol. The highest BCUT2D eigenvalue weighted by molar-refractivity contribution is 7.99. The first kappa shape index (κ1) is 28.6. The van der Waals surface area contributed by atoms with Gasteiger partial charge in [0.1, 0.15) is 0 Å². The van der Waals surface area contributed by atoms with Crippen LogP contribution in [-0.2, 0) is 30.4 Å². The van der Waals surface area contributed by atoms with E-state index in [0.717, 1.165) is 21.4 Å². The number of anilines is 1. The van der Waals surface area contributed by atoms with Crippen molar-refractivity contribution >= 4 is 29.3 Å². The van der Waals surface area contributed by atoms with Crippen LogP contribution in [0.5, 0.6) is 0 Å². The summed E-state index contributed by atoms with van der Waals surface area (Å²) < 4.78 is 18.6. The van der Waals surface area contributed by atoms with Gasteiger partial charge in [-0.3, -0.25) is 9.59 Å². The summed E-state index contributed by atoms with van der Waals surface area (Å²) >= 11 is 1.43. The molecule has 1 fully saturated rings. The van der Waals surface area contributed by atoms with Gasteiger partial charge in [0.05, 0.1) is 18.8 Å². The third-order valence-electron chi connectivity index (χ3n) is 6.47. The van der Waals surface area contributed by atoms with E-state index in [4.69, 9.17) is 14.2 Å². The summed E-state index contributed by atoms with van der Waals surface area (Å²) in [4.78, 5) is 23.4. The Bertz CT molecular complexity index is 1270. The van der Waals surface area contributed by atoms with Gasteiger partial charge in [-0.1, -0.05) is 55.1 Å². The van der Waals surface area contributed by atoms with E-state index < -0.39 is 24.3 Å². The zero-order valence-corrected chi connectivity index (χ0v) is 22.8. The number of hydrogen-bond donors (Lipinski definition) is 2. The van der Waals surface area contributed by atoms with Gasteiger partial charge in [0.25, 0.3) is 10.9 Å². The lowest BCUT2D eigenvalue weighted by molar-refractivity contribution is -0.645. The summed E-state index contributed by atoms with van der Waals surface area (Å²) in [6, 6.07) is 20.0. The maximum absolute atomic E-state index is 12.3. The van der Waals surface area contributed by atoms with Crippen LogP contribution in [0.15, 0.2) is 78.0 Å². The van der Waals surface area contributed by atoms with Gasteiger partial charge in [-0.2, -0.15) is 4.73 Å². The first-order valence-corrected chi connectivity index (χ1v) is 13.6. The van der Waals surface area contributed by atoms with Crippen molar-refractivity contribution < 1.29 is 33.6 Å². The molecule has 4 rings (SSSR count). The highest BCUT2D eigenvalue weighted by atomic mass is 32.2. The number of aromatic nitrogens is 1. The van der Waals surface area contributed by atoms with Gasteiger partial charge in [-0.25, -0.2) is 0 Å². The van der Waals surface area contributed by atoms with Gasteiger partial charge < -0.3 is 29.8 Å². The van der Waals surface area contributed by atoms with Crippen LogP contribution >= 0.6 is 11.8 Å².